The molecule has 1 atom stereocenters. The second kappa shape index (κ2) is 11.0. The molecule has 2 heterocycles. The minimum absolute atomic E-state index is 0.00235. The van der Waals surface area contributed by atoms with Crippen LogP contribution in [0.15, 0.2) is 59.1 Å². The van der Waals surface area contributed by atoms with Gasteiger partial charge in [0, 0.05) is 38.0 Å². The number of ether oxygens (including phenoxy) is 1. The zero-order chi connectivity index (χ0) is 22.2. The molecule has 0 aliphatic carbocycles. The highest BCUT2D eigenvalue weighted by Gasteiger charge is 2.23. The van der Waals surface area contributed by atoms with Crippen molar-refractivity contribution >= 4 is 5.91 Å². The first-order chi connectivity index (χ1) is 15.7. The van der Waals surface area contributed by atoms with Crippen LogP contribution in [0.4, 0.5) is 4.39 Å². The number of aromatic nitrogens is 2. The Labute approximate surface area is 186 Å². The summed E-state index contributed by atoms with van der Waals surface area (Å²) in [5, 5.41) is 7.01. The van der Waals surface area contributed by atoms with Gasteiger partial charge in [-0.2, -0.15) is 4.98 Å². The number of hydrogen-bond acceptors (Lipinski definition) is 6. The van der Waals surface area contributed by atoms with E-state index in [-0.39, 0.29) is 17.8 Å². The minimum atomic E-state index is -0.313. The number of nitrogens with zero attached hydrogens (tertiary/aromatic N) is 3. The predicted octanol–water partition coefficient (Wildman–Crippen LogP) is 3.39. The highest BCUT2D eigenvalue weighted by Crippen LogP contribution is 2.21. The van der Waals surface area contributed by atoms with E-state index in [1.807, 2.05) is 18.2 Å². The number of carbonyl (C=O) groups is 1. The van der Waals surface area contributed by atoms with Crippen LogP contribution in [0, 0.1) is 5.82 Å². The molecule has 1 aromatic heterocycles. The van der Waals surface area contributed by atoms with Crippen molar-refractivity contribution in [2.24, 2.45) is 0 Å². The van der Waals surface area contributed by atoms with Gasteiger partial charge in [0.25, 0.3) is 0 Å². The molecule has 168 valence electrons. The molecule has 1 aliphatic heterocycles. The molecule has 1 fully saturated rings. The Bertz CT molecular complexity index is 988. The van der Waals surface area contributed by atoms with Crippen molar-refractivity contribution in [3.8, 4) is 11.4 Å². The molecule has 0 spiro atoms. The van der Waals surface area contributed by atoms with Crippen LogP contribution in [-0.4, -0.2) is 53.8 Å². The maximum Gasteiger partial charge on any atom is 0.226 e. The normalized spacial score (nSPS) is 15.4. The molecule has 1 unspecified atom stereocenters. The highest BCUT2D eigenvalue weighted by molar-refractivity contribution is 5.75. The van der Waals surface area contributed by atoms with Gasteiger partial charge in [-0.25, -0.2) is 4.39 Å². The molecular formula is C24H27FN4O3. The Morgan fingerprint density at radius 1 is 1.09 bits per heavy atom. The van der Waals surface area contributed by atoms with Gasteiger partial charge >= 0.3 is 0 Å². The maximum absolute atomic E-state index is 13.1. The summed E-state index contributed by atoms with van der Waals surface area (Å²) in [5.41, 5.74) is 1.88. The summed E-state index contributed by atoms with van der Waals surface area (Å²) < 4.78 is 23.8. The number of morpholine rings is 1. The number of hydrogen-bond donors (Lipinski definition) is 1. The van der Waals surface area contributed by atoms with Crippen molar-refractivity contribution in [1.29, 1.82) is 0 Å². The molecule has 0 radical (unpaired) electrons. The fraction of sp³-hybridized carbons (Fsp3) is 0.375. The first-order valence-electron chi connectivity index (χ1n) is 10.9. The van der Waals surface area contributed by atoms with Crippen LogP contribution in [0.3, 0.4) is 0 Å². The first kappa shape index (κ1) is 22.1. The van der Waals surface area contributed by atoms with Crippen molar-refractivity contribution in [1.82, 2.24) is 20.4 Å². The van der Waals surface area contributed by atoms with E-state index in [9.17, 15) is 9.18 Å². The highest BCUT2D eigenvalue weighted by atomic mass is 19.1. The van der Waals surface area contributed by atoms with Gasteiger partial charge in [-0.05, 0) is 36.2 Å². The van der Waals surface area contributed by atoms with Gasteiger partial charge in [0.1, 0.15) is 5.82 Å². The van der Waals surface area contributed by atoms with E-state index in [1.165, 1.54) is 17.7 Å². The standard InChI is InChI=1S/C24H27FN4O3/c25-20-11-9-19(10-12-20)24-27-23(32-28-24)8-4-7-22(30)26-17-21(18-5-2-1-3-6-18)29-13-15-31-16-14-29/h1-3,5-6,9-12,21H,4,7-8,13-17H2,(H,26,30). The van der Waals surface area contributed by atoms with Crippen molar-refractivity contribution in [3.05, 3.63) is 71.9 Å². The van der Waals surface area contributed by atoms with Gasteiger partial charge in [-0.1, -0.05) is 35.5 Å². The summed E-state index contributed by atoms with van der Waals surface area (Å²) in [6.45, 7) is 3.67. The summed E-state index contributed by atoms with van der Waals surface area (Å²) in [7, 11) is 0. The molecular weight excluding hydrogens is 411 g/mol. The van der Waals surface area contributed by atoms with E-state index >= 15 is 0 Å². The van der Waals surface area contributed by atoms with Crippen LogP contribution >= 0.6 is 0 Å². The molecule has 1 N–H and O–H groups in total. The number of nitrogens with one attached hydrogen (secondary N) is 1. The molecule has 2 aromatic carbocycles. The van der Waals surface area contributed by atoms with Gasteiger partial charge in [0.2, 0.25) is 17.6 Å². The van der Waals surface area contributed by atoms with Crippen LogP contribution in [0.1, 0.15) is 30.3 Å². The third kappa shape index (κ3) is 5.99. The van der Waals surface area contributed by atoms with E-state index in [1.54, 1.807) is 12.1 Å². The predicted molar refractivity (Wildman–Crippen MR) is 117 cm³/mol. The third-order valence-corrected chi connectivity index (χ3v) is 5.53. The van der Waals surface area contributed by atoms with Crippen LogP contribution in [-0.2, 0) is 16.0 Å². The van der Waals surface area contributed by atoms with E-state index in [0.717, 1.165) is 13.1 Å². The quantitative estimate of drug-likeness (QED) is 0.552. The largest absolute Gasteiger partial charge is 0.379 e. The lowest BCUT2D eigenvalue weighted by Crippen LogP contribution is -2.43. The lowest BCUT2D eigenvalue weighted by Gasteiger charge is -2.35. The fourth-order valence-corrected chi connectivity index (χ4v) is 3.79. The van der Waals surface area contributed by atoms with Gasteiger partial charge in [-0.3, -0.25) is 9.69 Å². The smallest absolute Gasteiger partial charge is 0.226 e. The lowest BCUT2D eigenvalue weighted by atomic mass is 10.0. The summed E-state index contributed by atoms with van der Waals surface area (Å²) >= 11 is 0. The van der Waals surface area contributed by atoms with Crippen molar-refractivity contribution < 1.29 is 18.4 Å². The lowest BCUT2D eigenvalue weighted by molar-refractivity contribution is -0.121. The fourth-order valence-electron chi connectivity index (χ4n) is 3.79. The van der Waals surface area contributed by atoms with Gasteiger partial charge in [0.15, 0.2) is 0 Å². The molecule has 1 amide bonds. The van der Waals surface area contributed by atoms with Crippen molar-refractivity contribution in [2.75, 3.05) is 32.8 Å². The number of carbonyl (C=O) groups excluding carboxylic acids is 1. The van der Waals surface area contributed by atoms with E-state index in [4.69, 9.17) is 9.26 Å². The van der Waals surface area contributed by atoms with Crippen LogP contribution in [0.25, 0.3) is 11.4 Å². The van der Waals surface area contributed by atoms with Crippen LogP contribution in [0.2, 0.25) is 0 Å². The van der Waals surface area contributed by atoms with Crippen molar-refractivity contribution in [3.63, 3.8) is 0 Å². The summed E-state index contributed by atoms with van der Waals surface area (Å²) in [4.78, 5) is 19.1. The summed E-state index contributed by atoms with van der Waals surface area (Å²) in [6.07, 6.45) is 1.48. The molecule has 1 aliphatic rings. The SMILES string of the molecule is O=C(CCCc1nc(-c2ccc(F)cc2)no1)NCC(c1ccccc1)N1CCOCC1. The van der Waals surface area contributed by atoms with E-state index < -0.39 is 0 Å². The Morgan fingerprint density at radius 3 is 2.59 bits per heavy atom. The Balaban J connectivity index is 1.25. The topological polar surface area (TPSA) is 80.5 Å². The zero-order valence-electron chi connectivity index (χ0n) is 17.9. The number of benzene rings is 2. The average molecular weight is 439 g/mol. The molecule has 1 saturated heterocycles. The van der Waals surface area contributed by atoms with Gasteiger partial charge < -0.3 is 14.6 Å². The van der Waals surface area contributed by atoms with E-state index in [2.05, 4.69) is 32.5 Å². The Morgan fingerprint density at radius 2 is 1.84 bits per heavy atom. The summed E-state index contributed by atoms with van der Waals surface area (Å²) in [6, 6.07) is 16.3. The van der Waals surface area contributed by atoms with Gasteiger partial charge in [-0.15, -0.1) is 0 Å². The molecule has 4 rings (SSSR count). The van der Waals surface area contributed by atoms with Crippen LogP contribution < -0.4 is 5.32 Å². The van der Waals surface area contributed by atoms with Crippen molar-refractivity contribution in [2.45, 2.75) is 25.3 Å². The molecule has 3 aromatic rings. The molecule has 32 heavy (non-hydrogen) atoms. The first-order valence-corrected chi connectivity index (χ1v) is 10.9. The second-order valence-electron chi connectivity index (χ2n) is 7.75. The molecule has 7 nitrogen and oxygen atoms in total. The maximum atomic E-state index is 13.1. The number of aryl methyl sites for hydroxylation is 1. The number of rotatable bonds is 9. The Kier molecular flexibility index (Phi) is 7.58. The monoisotopic (exact) mass is 438 g/mol. The number of halogens is 1. The molecule has 0 bridgehead atoms. The summed E-state index contributed by atoms with van der Waals surface area (Å²) in [5.74, 6) is 0.567. The molecule has 0 saturated carbocycles. The zero-order valence-corrected chi connectivity index (χ0v) is 17.9. The molecule has 8 heteroatoms. The second-order valence-corrected chi connectivity index (χ2v) is 7.75. The Hall–Kier alpha value is -3.10. The van der Waals surface area contributed by atoms with Crippen LogP contribution in [0.5, 0.6) is 0 Å². The number of amides is 1. The third-order valence-electron chi connectivity index (χ3n) is 5.53. The van der Waals surface area contributed by atoms with E-state index in [0.29, 0.717) is 56.3 Å². The van der Waals surface area contributed by atoms with Gasteiger partial charge in [0.05, 0.1) is 19.3 Å². The average Bonchev–Trinajstić information content (AvgIpc) is 3.30. The minimum Gasteiger partial charge on any atom is -0.379 e.